The van der Waals surface area contributed by atoms with Gasteiger partial charge in [0.1, 0.15) is 12.6 Å². The molecule has 2 aromatic carbocycles. The fourth-order valence-electron chi connectivity index (χ4n) is 3.47. The number of nitrogens with one attached hydrogen (secondary N) is 1. The number of sulfonamides is 1. The quantitative estimate of drug-likeness (QED) is 0.499. The van der Waals surface area contributed by atoms with Crippen LogP contribution in [0.1, 0.15) is 38.8 Å². The standard InChI is InChI=1S/C24H31Cl2N3O4S/c1-6-19-9-7-8-10-22(19)29(34(5,32)33)15-23(30)28(17(4)24(31)27-16(2)3)14-18-11-12-20(25)21(26)13-18/h7-13,16-17H,6,14-15H2,1-5H3,(H,27,31)/t17-/m0/s1. The van der Waals surface area contributed by atoms with Crippen molar-refractivity contribution in [2.24, 2.45) is 0 Å². The fourth-order valence-corrected chi connectivity index (χ4v) is 4.67. The van der Waals surface area contributed by atoms with E-state index >= 15 is 0 Å². The summed E-state index contributed by atoms with van der Waals surface area (Å²) in [5.74, 6) is -0.864. The molecule has 0 spiro atoms. The van der Waals surface area contributed by atoms with E-state index in [1.807, 2.05) is 32.9 Å². The molecule has 0 heterocycles. The van der Waals surface area contributed by atoms with E-state index in [1.165, 1.54) is 4.90 Å². The molecule has 0 aliphatic rings. The Balaban J connectivity index is 2.45. The highest BCUT2D eigenvalue weighted by Crippen LogP contribution is 2.26. The zero-order valence-electron chi connectivity index (χ0n) is 20.0. The first-order valence-electron chi connectivity index (χ1n) is 10.9. The molecule has 1 atom stereocenters. The molecule has 2 amide bonds. The molecule has 0 bridgehead atoms. The molecule has 10 heteroatoms. The van der Waals surface area contributed by atoms with Gasteiger partial charge in [-0.2, -0.15) is 0 Å². The smallest absolute Gasteiger partial charge is 0.244 e. The van der Waals surface area contributed by atoms with Crippen molar-refractivity contribution in [3.8, 4) is 0 Å². The normalized spacial score (nSPS) is 12.4. The van der Waals surface area contributed by atoms with Crippen LogP contribution in [0.25, 0.3) is 0 Å². The molecule has 0 aliphatic carbocycles. The van der Waals surface area contributed by atoms with Crippen LogP contribution < -0.4 is 9.62 Å². The van der Waals surface area contributed by atoms with Gasteiger partial charge in [-0.25, -0.2) is 8.42 Å². The fraction of sp³-hybridized carbons (Fsp3) is 0.417. The number of para-hydroxylation sites is 1. The van der Waals surface area contributed by atoms with Gasteiger partial charge in [-0.05, 0) is 56.5 Å². The minimum absolute atomic E-state index is 0.0510. The molecule has 0 aromatic heterocycles. The Bertz CT molecular complexity index is 1140. The van der Waals surface area contributed by atoms with Crippen LogP contribution in [0.15, 0.2) is 42.5 Å². The monoisotopic (exact) mass is 527 g/mol. The Morgan fingerprint density at radius 2 is 1.68 bits per heavy atom. The van der Waals surface area contributed by atoms with Crippen LogP contribution in [0.2, 0.25) is 10.0 Å². The van der Waals surface area contributed by atoms with E-state index in [0.29, 0.717) is 27.7 Å². The van der Waals surface area contributed by atoms with E-state index in [0.717, 1.165) is 16.1 Å². The lowest BCUT2D eigenvalue weighted by atomic mass is 10.1. The van der Waals surface area contributed by atoms with Gasteiger partial charge in [0.25, 0.3) is 0 Å². The number of amides is 2. The first-order valence-corrected chi connectivity index (χ1v) is 13.5. The number of rotatable bonds is 10. The van der Waals surface area contributed by atoms with Crippen molar-refractivity contribution in [2.45, 2.75) is 52.7 Å². The topological polar surface area (TPSA) is 86.8 Å². The Morgan fingerprint density at radius 3 is 2.24 bits per heavy atom. The van der Waals surface area contributed by atoms with Gasteiger partial charge in [-0.1, -0.05) is 54.4 Å². The average molecular weight is 529 g/mol. The summed E-state index contributed by atoms with van der Waals surface area (Å²) < 4.78 is 26.5. The minimum Gasteiger partial charge on any atom is -0.352 e. The second-order valence-corrected chi connectivity index (χ2v) is 11.1. The molecule has 7 nitrogen and oxygen atoms in total. The molecular weight excluding hydrogens is 497 g/mol. The molecule has 0 saturated heterocycles. The summed E-state index contributed by atoms with van der Waals surface area (Å²) in [6.45, 7) is 6.77. The second-order valence-electron chi connectivity index (χ2n) is 8.36. The van der Waals surface area contributed by atoms with Crippen LogP contribution in [-0.4, -0.2) is 50.0 Å². The van der Waals surface area contributed by atoms with Crippen molar-refractivity contribution in [1.82, 2.24) is 10.2 Å². The third kappa shape index (κ3) is 7.35. The number of nitrogens with zero attached hydrogens (tertiary/aromatic N) is 2. The largest absolute Gasteiger partial charge is 0.352 e. The zero-order chi connectivity index (χ0) is 25.6. The van der Waals surface area contributed by atoms with Crippen molar-refractivity contribution in [2.75, 3.05) is 17.1 Å². The molecule has 0 saturated carbocycles. The molecule has 2 aromatic rings. The lowest BCUT2D eigenvalue weighted by Gasteiger charge is -2.32. The van der Waals surface area contributed by atoms with Crippen molar-refractivity contribution >= 4 is 50.7 Å². The van der Waals surface area contributed by atoms with Gasteiger partial charge in [0.2, 0.25) is 21.8 Å². The van der Waals surface area contributed by atoms with Crippen LogP contribution in [0.5, 0.6) is 0 Å². The van der Waals surface area contributed by atoms with Crippen molar-refractivity contribution in [3.63, 3.8) is 0 Å². The summed E-state index contributed by atoms with van der Waals surface area (Å²) in [5, 5.41) is 3.49. The number of halogens is 2. The van der Waals surface area contributed by atoms with Gasteiger partial charge in [0, 0.05) is 12.6 Å². The predicted molar refractivity (Wildman–Crippen MR) is 138 cm³/mol. The van der Waals surface area contributed by atoms with E-state index in [-0.39, 0.29) is 18.5 Å². The number of aryl methyl sites for hydroxylation is 1. The molecule has 0 fully saturated rings. The van der Waals surface area contributed by atoms with Crippen molar-refractivity contribution in [3.05, 3.63) is 63.6 Å². The Kier molecular flexibility index (Phi) is 9.79. The first-order chi connectivity index (χ1) is 15.8. The first kappa shape index (κ1) is 28.0. The SMILES string of the molecule is CCc1ccccc1N(CC(=O)N(Cc1ccc(Cl)c(Cl)c1)[C@@H](C)C(=O)NC(C)C)S(C)(=O)=O. The van der Waals surface area contributed by atoms with Gasteiger partial charge in [-0.3, -0.25) is 13.9 Å². The van der Waals surface area contributed by atoms with Crippen LogP contribution >= 0.6 is 23.2 Å². The summed E-state index contributed by atoms with van der Waals surface area (Å²) in [7, 11) is -3.78. The van der Waals surface area contributed by atoms with E-state index in [9.17, 15) is 18.0 Å². The maximum Gasteiger partial charge on any atom is 0.244 e. The highest BCUT2D eigenvalue weighted by atomic mass is 35.5. The maximum absolute atomic E-state index is 13.5. The van der Waals surface area contributed by atoms with E-state index in [4.69, 9.17) is 23.2 Å². The number of hydrogen-bond acceptors (Lipinski definition) is 4. The number of benzene rings is 2. The lowest BCUT2D eigenvalue weighted by molar-refractivity contribution is -0.139. The summed E-state index contributed by atoms with van der Waals surface area (Å²) >= 11 is 12.2. The summed E-state index contributed by atoms with van der Waals surface area (Å²) in [6, 6.07) is 11.0. The van der Waals surface area contributed by atoms with E-state index in [2.05, 4.69) is 5.32 Å². The van der Waals surface area contributed by atoms with Gasteiger partial charge in [0.15, 0.2) is 0 Å². The maximum atomic E-state index is 13.5. The van der Waals surface area contributed by atoms with E-state index in [1.54, 1.807) is 37.3 Å². The van der Waals surface area contributed by atoms with Crippen LogP contribution in [0, 0.1) is 0 Å². The van der Waals surface area contributed by atoms with Crippen molar-refractivity contribution in [1.29, 1.82) is 0 Å². The van der Waals surface area contributed by atoms with Crippen molar-refractivity contribution < 1.29 is 18.0 Å². The molecule has 186 valence electrons. The lowest BCUT2D eigenvalue weighted by Crippen LogP contribution is -2.52. The van der Waals surface area contributed by atoms with Gasteiger partial charge >= 0.3 is 0 Å². The molecule has 1 N–H and O–H groups in total. The Morgan fingerprint density at radius 1 is 1.03 bits per heavy atom. The number of anilines is 1. The minimum atomic E-state index is -3.78. The van der Waals surface area contributed by atoms with E-state index < -0.39 is 28.5 Å². The molecular formula is C24H31Cl2N3O4S. The second kappa shape index (κ2) is 11.9. The van der Waals surface area contributed by atoms with Gasteiger partial charge < -0.3 is 10.2 Å². The van der Waals surface area contributed by atoms with Gasteiger partial charge in [0.05, 0.1) is 22.0 Å². The zero-order valence-corrected chi connectivity index (χ0v) is 22.3. The molecule has 0 unspecified atom stereocenters. The Hall–Kier alpha value is -2.29. The molecule has 0 aliphatic heterocycles. The number of carbonyl (C=O) groups excluding carboxylic acids is 2. The molecule has 0 radical (unpaired) electrons. The highest BCUT2D eigenvalue weighted by Gasteiger charge is 2.31. The third-order valence-corrected chi connectivity index (χ3v) is 7.12. The van der Waals surface area contributed by atoms with Crippen LogP contribution in [-0.2, 0) is 32.6 Å². The number of carbonyl (C=O) groups is 2. The summed E-state index contributed by atoms with van der Waals surface area (Å²) in [6.07, 6.45) is 1.65. The Labute approximate surface area is 212 Å². The average Bonchev–Trinajstić information content (AvgIpc) is 2.76. The summed E-state index contributed by atoms with van der Waals surface area (Å²) in [5.41, 5.74) is 1.89. The summed E-state index contributed by atoms with van der Waals surface area (Å²) in [4.78, 5) is 27.7. The van der Waals surface area contributed by atoms with Crippen LogP contribution in [0.4, 0.5) is 5.69 Å². The molecule has 2 rings (SSSR count). The van der Waals surface area contributed by atoms with Gasteiger partial charge in [-0.15, -0.1) is 0 Å². The predicted octanol–water partition coefficient (Wildman–Crippen LogP) is 4.26. The van der Waals surface area contributed by atoms with Crippen LogP contribution in [0.3, 0.4) is 0 Å². The highest BCUT2D eigenvalue weighted by molar-refractivity contribution is 7.92. The molecule has 34 heavy (non-hydrogen) atoms. The number of hydrogen-bond donors (Lipinski definition) is 1. The third-order valence-electron chi connectivity index (χ3n) is 5.26.